The van der Waals surface area contributed by atoms with Crippen molar-refractivity contribution in [3.63, 3.8) is 0 Å². The second-order valence-electron chi connectivity index (χ2n) is 0. The largest absolute Gasteiger partial charge is 0.412 e. The molecule has 0 saturated heterocycles. The molecule has 0 rings (SSSR count). The SMILES string of the molecule is BP.N.O. The van der Waals surface area contributed by atoms with Crippen LogP contribution in [0.3, 0.4) is 0 Å². The third kappa shape index (κ3) is 28.1. The monoisotopic (exact) mass is 81.1 g/mol. The van der Waals surface area contributed by atoms with Gasteiger partial charge >= 0.3 is 0 Å². The summed E-state index contributed by atoms with van der Waals surface area (Å²) >= 11 is 0. The van der Waals surface area contributed by atoms with Crippen molar-refractivity contribution in [3.05, 3.63) is 0 Å². The van der Waals surface area contributed by atoms with Gasteiger partial charge in [0.15, 0.2) is 0 Å². The van der Waals surface area contributed by atoms with E-state index in [4.69, 9.17) is 0 Å². The zero-order chi connectivity index (χ0) is 2.00. The number of rotatable bonds is 0. The van der Waals surface area contributed by atoms with Crippen LogP contribution in [0.25, 0.3) is 0 Å². The highest BCUT2D eigenvalue weighted by Gasteiger charge is 0.985. The lowest BCUT2D eigenvalue weighted by Crippen LogP contribution is -0.937. The Morgan fingerprint density at radius 2 is 1.25 bits per heavy atom. The Hall–Kier alpha value is 0.415. The van der Waals surface area contributed by atoms with Crippen LogP contribution in [0.5, 0.6) is 0 Å². The van der Waals surface area contributed by atoms with Crippen molar-refractivity contribution in [2.45, 2.75) is 0 Å². The molecule has 0 saturated carbocycles. The van der Waals surface area contributed by atoms with Crippen LogP contribution in [0.15, 0.2) is 0 Å². The zero-order valence-corrected chi connectivity index (χ0v) is 3.94. The molecule has 4 heteroatoms. The maximum absolute atomic E-state index is 2.42. The van der Waals surface area contributed by atoms with Gasteiger partial charge in [0.25, 0.3) is 0 Å². The zero-order valence-electron chi connectivity index (χ0n) is 2.78. The van der Waals surface area contributed by atoms with E-state index in [1.165, 1.54) is 0 Å². The Balaban J connectivity index is -0.00000000500. The first-order valence-electron chi connectivity index (χ1n) is 0.577. The van der Waals surface area contributed by atoms with Gasteiger partial charge in [-0.15, -0.1) is 0 Å². The lowest BCUT2D eigenvalue weighted by molar-refractivity contribution is 0.824. The highest BCUT2D eigenvalue weighted by molar-refractivity contribution is 7.49. The Labute approximate surface area is 29.4 Å². The molecule has 0 radical (unpaired) electrons. The van der Waals surface area contributed by atoms with Crippen LogP contribution in [0.2, 0.25) is 0 Å². The minimum absolute atomic E-state index is 0. The van der Waals surface area contributed by atoms with Crippen LogP contribution >= 0.6 is 9.12 Å². The van der Waals surface area contributed by atoms with Crippen molar-refractivity contribution in [1.29, 1.82) is 0 Å². The molecule has 5 N–H and O–H groups in total. The Morgan fingerprint density at radius 1 is 1.25 bits per heavy atom. The number of hydrogen-bond acceptors (Lipinski definition) is 1. The summed E-state index contributed by atoms with van der Waals surface area (Å²) in [5.74, 6) is 0. The summed E-state index contributed by atoms with van der Waals surface area (Å²) in [6, 6.07) is 0. The van der Waals surface area contributed by atoms with Crippen LogP contribution in [0, 0.1) is 0 Å². The molecular weight excluding hydrogens is 71.8 g/mol. The first-order chi connectivity index (χ1) is 1.00. The van der Waals surface area contributed by atoms with E-state index in [9.17, 15) is 0 Å². The fourth-order valence-corrected chi connectivity index (χ4v) is 0. The van der Waals surface area contributed by atoms with Crippen molar-refractivity contribution in [1.82, 2.24) is 6.15 Å². The third-order valence-corrected chi connectivity index (χ3v) is 0. The quantitative estimate of drug-likeness (QED) is 0.287. The van der Waals surface area contributed by atoms with E-state index >= 15 is 0 Å². The predicted octanol–water partition coefficient (Wildman–Crippen LogP) is -1.25. The molecular formula is H9BNOP. The molecule has 0 spiro atoms. The Morgan fingerprint density at radius 3 is 1.25 bits per heavy atom. The van der Waals surface area contributed by atoms with Gasteiger partial charge in [0.2, 0.25) is 0 Å². The van der Waals surface area contributed by atoms with Crippen LogP contribution in [-0.4, -0.2) is 13.0 Å². The van der Waals surface area contributed by atoms with Crippen molar-refractivity contribution in [2.75, 3.05) is 0 Å². The minimum atomic E-state index is 0. The van der Waals surface area contributed by atoms with E-state index in [2.05, 4.69) is 9.12 Å². The molecule has 1 atom stereocenters. The molecule has 0 aliphatic carbocycles. The van der Waals surface area contributed by atoms with Crippen LogP contribution in [-0.2, 0) is 0 Å². The fraction of sp³-hybridized carbons (Fsp3) is 0. The molecule has 0 bridgehead atoms. The summed E-state index contributed by atoms with van der Waals surface area (Å²) < 4.78 is 0. The Kier molecular flexibility index (Phi) is 744. The van der Waals surface area contributed by atoms with E-state index < -0.39 is 0 Å². The molecule has 4 heavy (non-hydrogen) atoms. The van der Waals surface area contributed by atoms with Crippen molar-refractivity contribution >= 4 is 16.7 Å². The molecule has 0 aromatic carbocycles. The van der Waals surface area contributed by atoms with E-state index in [0.717, 1.165) is 0 Å². The first-order valence-corrected chi connectivity index (χ1v) is 1.73. The molecule has 0 aromatic rings. The van der Waals surface area contributed by atoms with Gasteiger partial charge in [0.05, 0.1) is 0 Å². The second-order valence-corrected chi connectivity index (χ2v) is 0. The normalized spacial score (nSPS) is 1.25. The molecule has 1 unspecified atom stereocenters. The summed E-state index contributed by atoms with van der Waals surface area (Å²) in [5, 5.41) is 0. The summed E-state index contributed by atoms with van der Waals surface area (Å²) in [6.45, 7) is 0. The summed E-state index contributed by atoms with van der Waals surface area (Å²) in [7, 11) is 4.33. The number of hydrogen-bond donors (Lipinski definition) is 1. The highest BCUT2D eigenvalue weighted by Crippen LogP contribution is 1.42. The molecule has 0 fully saturated rings. The van der Waals surface area contributed by atoms with Gasteiger partial charge in [-0.25, -0.2) is 0 Å². The standard InChI is InChI=1S/BH4P.H3N.H2O/c1-2;;/h1-2H2;1H3;1H2. The average molecular weight is 80.9 g/mol. The van der Waals surface area contributed by atoms with Gasteiger partial charge in [-0.2, -0.15) is 9.12 Å². The van der Waals surface area contributed by atoms with Gasteiger partial charge < -0.3 is 11.6 Å². The van der Waals surface area contributed by atoms with Crippen LogP contribution < -0.4 is 6.15 Å². The average Bonchev–Trinajstić information content (AvgIpc) is 1.00. The van der Waals surface area contributed by atoms with Crippen molar-refractivity contribution in [2.24, 2.45) is 0 Å². The van der Waals surface area contributed by atoms with Gasteiger partial charge in [0, 0.05) is 0 Å². The summed E-state index contributed by atoms with van der Waals surface area (Å²) in [5.41, 5.74) is 0. The van der Waals surface area contributed by atoms with Crippen molar-refractivity contribution < 1.29 is 5.48 Å². The van der Waals surface area contributed by atoms with Gasteiger partial charge in [-0.05, 0) is 0 Å². The van der Waals surface area contributed by atoms with E-state index in [1.54, 1.807) is 0 Å². The Bertz CT molecular complexity index is 8.00. The fourth-order valence-electron chi connectivity index (χ4n) is 0. The second kappa shape index (κ2) is 116. The predicted molar refractivity (Wildman–Crippen MR) is 26.9 cm³/mol. The van der Waals surface area contributed by atoms with E-state index in [1.807, 2.05) is 7.57 Å². The summed E-state index contributed by atoms with van der Waals surface area (Å²) in [6.07, 6.45) is 0. The first kappa shape index (κ1) is 25.7. The third-order valence-electron chi connectivity index (χ3n) is 0. The lowest BCUT2D eigenvalue weighted by Gasteiger charge is -1.04. The minimum Gasteiger partial charge on any atom is -0.412 e. The molecule has 0 aliphatic rings. The van der Waals surface area contributed by atoms with E-state index in [0.29, 0.717) is 0 Å². The smallest absolute Gasteiger partial charge is 0.126 e. The highest BCUT2D eigenvalue weighted by atomic mass is 31.0. The van der Waals surface area contributed by atoms with Crippen molar-refractivity contribution in [3.8, 4) is 0 Å². The van der Waals surface area contributed by atoms with Gasteiger partial charge in [0.1, 0.15) is 7.57 Å². The topological polar surface area (TPSA) is 66.5 Å². The van der Waals surface area contributed by atoms with Crippen LogP contribution in [0.4, 0.5) is 0 Å². The maximum atomic E-state index is 2.42. The molecule has 28 valence electrons. The molecule has 0 amide bonds. The lowest BCUT2D eigenvalue weighted by atomic mass is 10.8. The molecule has 0 aliphatic heterocycles. The van der Waals surface area contributed by atoms with E-state index in [-0.39, 0.29) is 11.6 Å². The summed E-state index contributed by atoms with van der Waals surface area (Å²) in [4.78, 5) is 0. The van der Waals surface area contributed by atoms with Crippen LogP contribution in [0.1, 0.15) is 0 Å². The molecule has 2 nitrogen and oxygen atoms in total. The molecule has 0 heterocycles. The van der Waals surface area contributed by atoms with Gasteiger partial charge in [-0.1, -0.05) is 0 Å². The van der Waals surface area contributed by atoms with Gasteiger partial charge in [-0.3, -0.25) is 0 Å². The maximum Gasteiger partial charge on any atom is 0.126 e. The molecule has 0 aromatic heterocycles.